The summed E-state index contributed by atoms with van der Waals surface area (Å²) < 4.78 is 10.7. The summed E-state index contributed by atoms with van der Waals surface area (Å²) in [4.78, 5) is 24.6. The Kier molecular flexibility index (Phi) is 63.9. The van der Waals surface area contributed by atoms with Gasteiger partial charge in [0.25, 0.3) is 0 Å². The van der Waals surface area contributed by atoms with E-state index in [4.69, 9.17) is 9.47 Å². The molecule has 0 spiro atoms. The topological polar surface area (TPSA) is 72.8 Å². The van der Waals surface area contributed by atoms with Crippen molar-refractivity contribution in [2.24, 2.45) is 0 Å². The third kappa shape index (κ3) is 64.6. The molecule has 0 heterocycles. The van der Waals surface area contributed by atoms with Gasteiger partial charge in [-0.1, -0.05) is 308 Å². The molecule has 1 N–H and O–H groups in total. The molecule has 0 saturated carbocycles. The molecule has 0 fully saturated rings. The molecular weight excluding hydrogens is 957 g/mol. The van der Waals surface area contributed by atoms with E-state index in [1.54, 1.807) is 0 Å². The van der Waals surface area contributed by atoms with Crippen molar-refractivity contribution in [1.29, 1.82) is 0 Å². The fourth-order valence-electron chi connectivity index (χ4n) is 9.12. The van der Waals surface area contributed by atoms with Gasteiger partial charge in [0.1, 0.15) is 6.61 Å². The molecule has 0 amide bonds. The van der Waals surface area contributed by atoms with E-state index in [1.165, 1.54) is 161 Å². The van der Waals surface area contributed by atoms with Crippen LogP contribution in [0, 0.1) is 0 Å². The van der Waals surface area contributed by atoms with Crippen molar-refractivity contribution in [3.8, 4) is 0 Å². The molecule has 0 aliphatic heterocycles. The number of hydrogen-bond acceptors (Lipinski definition) is 5. The van der Waals surface area contributed by atoms with Gasteiger partial charge in [-0.15, -0.1) is 0 Å². The number of esters is 2. The summed E-state index contributed by atoms with van der Waals surface area (Å²) in [6, 6.07) is 0. The molecule has 78 heavy (non-hydrogen) atoms. The summed E-state index contributed by atoms with van der Waals surface area (Å²) in [7, 11) is 0. The SMILES string of the molecule is CC/C=C\C/C=C\C/C=C\C/C=C\C/C=C\C/C=C\CCCCCCCCCCCCCCCCC(=O)OC(CO)COC(=O)CCCCCCCCCCCCCCCCC/C=C\C/C=C\C/C=C\C/C=C\C/C=C\CC. The Hall–Kier alpha value is -3.96. The zero-order valence-electron chi connectivity index (χ0n) is 50.9. The third-order valence-corrected chi connectivity index (χ3v) is 13.9. The molecule has 444 valence electrons. The average molecular weight is 1080 g/mol. The highest BCUT2D eigenvalue weighted by Gasteiger charge is 2.16. The largest absolute Gasteiger partial charge is 0.462 e. The van der Waals surface area contributed by atoms with Crippen LogP contribution >= 0.6 is 0 Å². The summed E-state index contributed by atoms with van der Waals surface area (Å²) in [6.45, 7) is 3.93. The smallest absolute Gasteiger partial charge is 0.306 e. The first kappa shape index (κ1) is 74.0. The first-order valence-electron chi connectivity index (χ1n) is 32.7. The van der Waals surface area contributed by atoms with Gasteiger partial charge in [0.15, 0.2) is 6.10 Å². The summed E-state index contributed by atoms with van der Waals surface area (Å²) >= 11 is 0. The van der Waals surface area contributed by atoms with Crippen molar-refractivity contribution >= 4 is 11.9 Å². The highest BCUT2D eigenvalue weighted by molar-refractivity contribution is 5.70. The molecule has 0 aromatic carbocycles. The number of unbranched alkanes of at least 4 members (excludes halogenated alkanes) is 29. The number of allylic oxidation sites excluding steroid dienone is 22. The van der Waals surface area contributed by atoms with Crippen LogP contribution in [0.2, 0.25) is 0 Å². The number of carbonyl (C=O) groups excluding carboxylic acids is 2. The van der Waals surface area contributed by atoms with E-state index < -0.39 is 6.10 Å². The van der Waals surface area contributed by atoms with Crippen molar-refractivity contribution in [3.05, 3.63) is 134 Å². The van der Waals surface area contributed by atoms with Gasteiger partial charge in [-0.2, -0.15) is 0 Å². The van der Waals surface area contributed by atoms with E-state index in [2.05, 4.69) is 148 Å². The van der Waals surface area contributed by atoms with Crippen LogP contribution in [-0.4, -0.2) is 36.4 Å². The Balaban J connectivity index is 3.49. The van der Waals surface area contributed by atoms with E-state index in [9.17, 15) is 14.7 Å². The van der Waals surface area contributed by atoms with Gasteiger partial charge >= 0.3 is 11.9 Å². The van der Waals surface area contributed by atoms with E-state index in [0.29, 0.717) is 12.8 Å². The van der Waals surface area contributed by atoms with Crippen molar-refractivity contribution in [2.45, 2.75) is 302 Å². The molecule has 0 aromatic rings. The molecule has 0 aliphatic rings. The Bertz CT molecular complexity index is 1600. The normalized spacial score (nSPS) is 13.1. The molecule has 0 saturated heterocycles. The fourth-order valence-corrected chi connectivity index (χ4v) is 9.12. The van der Waals surface area contributed by atoms with E-state index in [-0.39, 0.29) is 25.2 Å². The number of aliphatic hydroxyl groups excluding tert-OH is 1. The van der Waals surface area contributed by atoms with E-state index in [1.807, 2.05) is 0 Å². The maximum Gasteiger partial charge on any atom is 0.306 e. The second kappa shape index (κ2) is 67.3. The molecule has 0 aliphatic carbocycles. The summed E-state index contributed by atoms with van der Waals surface area (Å²) in [5, 5.41) is 9.69. The third-order valence-electron chi connectivity index (χ3n) is 13.9. The summed E-state index contributed by atoms with van der Waals surface area (Å²) in [6.07, 6.45) is 100. The van der Waals surface area contributed by atoms with Crippen LogP contribution in [0.25, 0.3) is 0 Å². The molecule has 0 bridgehead atoms. The summed E-state index contributed by atoms with van der Waals surface area (Å²) in [5.41, 5.74) is 0. The van der Waals surface area contributed by atoms with Gasteiger partial charge in [-0.25, -0.2) is 0 Å². The minimum Gasteiger partial charge on any atom is -0.462 e. The van der Waals surface area contributed by atoms with Gasteiger partial charge < -0.3 is 14.6 Å². The number of hydrogen-bond donors (Lipinski definition) is 1. The summed E-state index contributed by atoms with van der Waals surface area (Å²) in [5.74, 6) is -0.588. The predicted molar refractivity (Wildman–Crippen MR) is 343 cm³/mol. The van der Waals surface area contributed by atoms with Crippen LogP contribution in [0.3, 0.4) is 0 Å². The van der Waals surface area contributed by atoms with Crippen LogP contribution in [0.5, 0.6) is 0 Å². The maximum absolute atomic E-state index is 12.4. The van der Waals surface area contributed by atoms with Crippen molar-refractivity contribution in [3.63, 3.8) is 0 Å². The monoisotopic (exact) mass is 1080 g/mol. The highest BCUT2D eigenvalue weighted by atomic mass is 16.6. The fraction of sp³-hybridized carbons (Fsp3) is 0.671. The van der Waals surface area contributed by atoms with E-state index >= 15 is 0 Å². The highest BCUT2D eigenvalue weighted by Crippen LogP contribution is 2.17. The standard InChI is InChI=1S/C73H122O5/c1-3-5-7-9-11-13-15-17-19-21-23-25-27-29-31-33-35-36-38-40-42-44-46-48-50-52-54-56-58-60-62-64-66-68-73(76)78-71(69-74)70-77-72(75)67-65-63-61-59-57-55-53-51-49-47-45-43-41-39-37-34-32-30-28-26-24-22-20-18-16-14-12-10-8-6-4-2/h5-8,11-14,17-20,23-26,29-32,35-36,71,74H,3-4,9-10,15-16,21-22,27-28,33-34,37-70H2,1-2H3/b7-5-,8-6-,13-11-,14-12-,19-17-,20-18-,25-23-,26-24-,31-29-,32-30-,36-35-. The maximum atomic E-state index is 12.4. The van der Waals surface area contributed by atoms with Crippen LogP contribution in [0.1, 0.15) is 296 Å². The molecule has 1 atom stereocenters. The Morgan fingerprint density at radius 3 is 0.769 bits per heavy atom. The lowest BCUT2D eigenvalue weighted by Gasteiger charge is -2.15. The Morgan fingerprint density at radius 2 is 0.513 bits per heavy atom. The first-order chi connectivity index (χ1) is 38.6. The lowest BCUT2D eigenvalue weighted by Crippen LogP contribution is -2.28. The molecule has 0 rings (SSSR count). The quantitative estimate of drug-likeness (QED) is 0.0373. The molecule has 5 heteroatoms. The van der Waals surface area contributed by atoms with Crippen molar-refractivity contribution in [1.82, 2.24) is 0 Å². The minimum atomic E-state index is -0.781. The lowest BCUT2D eigenvalue weighted by molar-refractivity contribution is -0.161. The van der Waals surface area contributed by atoms with Crippen LogP contribution < -0.4 is 0 Å². The van der Waals surface area contributed by atoms with Crippen LogP contribution in [-0.2, 0) is 19.1 Å². The number of rotatable bonds is 59. The molecular formula is C73H122O5. The van der Waals surface area contributed by atoms with Crippen molar-refractivity contribution < 1.29 is 24.2 Å². The zero-order valence-corrected chi connectivity index (χ0v) is 50.9. The number of carbonyl (C=O) groups is 2. The van der Waals surface area contributed by atoms with Gasteiger partial charge in [-0.3, -0.25) is 9.59 Å². The Labute approximate surface area is 483 Å². The molecule has 1 unspecified atom stereocenters. The van der Waals surface area contributed by atoms with Gasteiger partial charge in [0, 0.05) is 12.8 Å². The molecule has 0 radical (unpaired) electrons. The predicted octanol–water partition coefficient (Wildman–Crippen LogP) is 22.8. The van der Waals surface area contributed by atoms with Crippen molar-refractivity contribution in [2.75, 3.05) is 13.2 Å². The lowest BCUT2D eigenvalue weighted by atomic mass is 10.0. The van der Waals surface area contributed by atoms with Gasteiger partial charge in [0.05, 0.1) is 6.61 Å². The zero-order chi connectivity index (χ0) is 56.2. The molecule has 5 nitrogen and oxygen atoms in total. The minimum absolute atomic E-state index is 0.0702. The number of aliphatic hydroxyl groups is 1. The number of ether oxygens (including phenoxy) is 2. The Morgan fingerprint density at radius 1 is 0.295 bits per heavy atom. The second-order valence-corrected chi connectivity index (χ2v) is 21.4. The first-order valence-corrected chi connectivity index (χ1v) is 32.7. The van der Waals surface area contributed by atoms with E-state index in [0.717, 1.165) is 109 Å². The average Bonchev–Trinajstić information content (AvgIpc) is 3.44. The second-order valence-electron chi connectivity index (χ2n) is 21.4. The van der Waals surface area contributed by atoms with Gasteiger partial charge in [-0.05, 0) is 109 Å². The molecule has 0 aromatic heterocycles. The van der Waals surface area contributed by atoms with Crippen LogP contribution in [0.4, 0.5) is 0 Å². The van der Waals surface area contributed by atoms with Gasteiger partial charge in [0.2, 0.25) is 0 Å². The van der Waals surface area contributed by atoms with Crippen LogP contribution in [0.15, 0.2) is 134 Å².